The number of aromatic nitrogens is 1. The van der Waals surface area contributed by atoms with Gasteiger partial charge in [0, 0.05) is 53.7 Å². The van der Waals surface area contributed by atoms with Gasteiger partial charge in [-0.1, -0.05) is 12.1 Å². The molecule has 5 rings (SSSR count). The Labute approximate surface area is 213 Å². The van der Waals surface area contributed by atoms with E-state index >= 15 is 0 Å². The number of anilines is 1. The van der Waals surface area contributed by atoms with E-state index in [2.05, 4.69) is 21.7 Å². The molecule has 36 heavy (non-hydrogen) atoms. The van der Waals surface area contributed by atoms with Gasteiger partial charge in [-0.05, 0) is 48.7 Å². The van der Waals surface area contributed by atoms with Crippen LogP contribution in [0, 0.1) is 17.2 Å². The molecule has 1 fully saturated rings. The van der Waals surface area contributed by atoms with Crippen LogP contribution in [-0.2, 0) is 24.2 Å². The fraction of sp³-hybridized carbons (Fsp3) is 0.333. The van der Waals surface area contributed by atoms with Crippen LogP contribution >= 0.6 is 11.3 Å². The summed E-state index contributed by atoms with van der Waals surface area (Å²) in [5.74, 6) is 0.404. The van der Waals surface area contributed by atoms with Crippen molar-refractivity contribution >= 4 is 28.3 Å². The minimum atomic E-state index is -0.186. The molecular formula is C27H27N5O3S. The average Bonchev–Trinajstić information content (AvgIpc) is 3.60. The summed E-state index contributed by atoms with van der Waals surface area (Å²) in [6, 6.07) is 15.3. The van der Waals surface area contributed by atoms with Crippen LogP contribution in [0.5, 0.6) is 5.75 Å². The predicted octanol–water partition coefficient (Wildman–Crippen LogP) is 4.08. The van der Waals surface area contributed by atoms with Crippen molar-refractivity contribution in [3.8, 4) is 11.8 Å². The molecule has 2 unspecified atom stereocenters. The Hall–Kier alpha value is -3.90. The summed E-state index contributed by atoms with van der Waals surface area (Å²) in [5.41, 5.74) is 3.50. The van der Waals surface area contributed by atoms with Crippen molar-refractivity contribution in [2.75, 3.05) is 25.5 Å². The first-order valence-electron chi connectivity index (χ1n) is 12.0. The standard InChI is InChI=1S/C27H27N5O3S/c1-35-22-7-4-5-18(15-28)25(22)20-14-21(20)26(33)31-24-13-17-9-12-32(16-23(17)36-24)27(34)30-11-8-19-6-2-3-10-29-19/h2-7,10,13,20-21H,8-9,11-12,14,16H2,1H3,(H,30,34)(H,31,33). The van der Waals surface area contributed by atoms with Crippen LogP contribution in [0.25, 0.3) is 0 Å². The lowest BCUT2D eigenvalue weighted by atomic mass is 10.0. The molecule has 1 aromatic carbocycles. The summed E-state index contributed by atoms with van der Waals surface area (Å²) in [5, 5.41) is 16.3. The van der Waals surface area contributed by atoms with Gasteiger partial charge < -0.3 is 20.3 Å². The summed E-state index contributed by atoms with van der Waals surface area (Å²) < 4.78 is 5.45. The number of hydrogen-bond acceptors (Lipinski definition) is 6. The molecular weight excluding hydrogens is 474 g/mol. The van der Waals surface area contributed by atoms with Crippen molar-refractivity contribution < 1.29 is 14.3 Å². The Balaban J connectivity index is 1.16. The van der Waals surface area contributed by atoms with E-state index in [0.717, 1.165) is 27.6 Å². The van der Waals surface area contributed by atoms with Gasteiger partial charge in [0.25, 0.3) is 0 Å². The Morgan fingerprint density at radius 3 is 2.94 bits per heavy atom. The molecule has 0 bridgehead atoms. The Bertz CT molecular complexity index is 1320. The number of thiophene rings is 1. The maximum atomic E-state index is 13.0. The number of nitrogens with zero attached hydrogens (tertiary/aromatic N) is 3. The number of nitriles is 1. The highest BCUT2D eigenvalue weighted by molar-refractivity contribution is 7.16. The fourth-order valence-corrected chi connectivity index (χ4v) is 5.86. The van der Waals surface area contributed by atoms with E-state index in [1.807, 2.05) is 35.2 Å². The second-order valence-corrected chi connectivity index (χ2v) is 10.1. The molecule has 2 aliphatic rings. The largest absolute Gasteiger partial charge is 0.496 e. The quantitative estimate of drug-likeness (QED) is 0.507. The number of fused-ring (bicyclic) bond motifs is 1. The zero-order valence-corrected chi connectivity index (χ0v) is 20.8. The first-order chi connectivity index (χ1) is 17.6. The van der Waals surface area contributed by atoms with E-state index in [9.17, 15) is 14.9 Å². The van der Waals surface area contributed by atoms with Crippen LogP contribution in [0.2, 0.25) is 0 Å². The molecule has 3 amide bonds. The third-order valence-corrected chi connectivity index (χ3v) is 7.78. The topological polar surface area (TPSA) is 107 Å². The van der Waals surface area contributed by atoms with E-state index < -0.39 is 0 Å². The van der Waals surface area contributed by atoms with Gasteiger partial charge >= 0.3 is 6.03 Å². The number of carbonyl (C=O) groups is 2. The smallest absolute Gasteiger partial charge is 0.317 e. The van der Waals surface area contributed by atoms with Crippen molar-refractivity contribution in [2.45, 2.75) is 31.7 Å². The molecule has 1 saturated carbocycles. The van der Waals surface area contributed by atoms with Crippen LogP contribution < -0.4 is 15.4 Å². The Morgan fingerprint density at radius 2 is 2.17 bits per heavy atom. The number of nitrogens with one attached hydrogen (secondary N) is 2. The van der Waals surface area contributed by atoms with Crippen molar-refractivity contribution in [3.63, 3.8) is 0 Å². The molecule has 9 heteroatoms. The second-order valence-electron chi connectivity index (χ2n) is 9.00. The molecule has 2 atom stereocenters. The summed E-state index contributed by atoms with van der Waals surface area (Å²) in [7, 11) is 1.58. The third kappa shape index (κ3) is 5.04. The number of methoxy groups -OCH3 is 1. The number of benzene rings is 1. The highest BCUT2D eigenvalue weighted by atomic mass is 32.1. The monoisotopic (exact) mass is 501 g/mol. The van der Waals surface area contributed by atoms with Gasteiger partial charge in [0.2, 0.25) is 5.91 Å². The van der Waals surface area contributed by atoms with E-state index in [4.69, 9.17) is 4.74 Å². The van der Waals surface area contributed by atoms with Gasteiger partial charge in [0.15, 0.2) is 0 Å². The van der Waals surface area contributed by atoms with Crippen molar-refractivity contribution in [1.82, 2.24) is 15.2 Å². The minimum Gasteiger partial charge on any atom is -0.496 e. The summed E-state index contributed by atoms with van der Waals surface area (Å²) in [6.45, 7) is 1.71. The molecule has 0 spiro atoms. The van der Waals surface area contributed by atoms with Gasteiger partial charge in [0.1, 0.15) is 5.75 Å². The number of amides is 3. The highest BCUT2D eigenvalue weighted by Crippen LogP contribution is 2.52. The van der Waals surface area contributed by atoms with Gasteiger partial charge in [-0.15, -0.1) is 11.3 Å². The first-order valence-corrected chi connectivity index (χ1v) is 12.8. The lowest BCUT2D eigenvalue weighted by Gasteiger charge is -2.26. The van der Waals surface area contributed by atoms with Crippen molar-refractivity contribution in [2.24, 2.45) is 5.92 Å². The molecule has 1 aliphatic heterocycles. The summed E-state index contributed by atoms with van der Waals surface area (Å²) in [4.78, 5) is 32.8. The lowest BCUT2D eigenvalue weighted by Crippen LogP contribution is -2.43. The second kappa shape index (κ2) is 10.4. The lowest BCUT2D eigenvalue weighted by molar-refractivity contribution is -0.117. The van der Waals surface area contributed by atoms with E-state index in [1.165, 1.54) is 16.9 Å². The van der Waals surface area contributed by atoms with Gasteiger partial charge in [0.05, 0.1) is 30.3 Å². The Morgan fingerprint density at radius 1 is 1.28 bits per heavy atom. The third-order valence-electron chi connectivity index (χ3n) is 6.70. The number of rotatable bonds is 7. The fourth-order valence-electron chi connectivity index (χ4n) is 4.73. The van der Waals surface area contributed by atoms with E-state index in [0.29, 0.717) is 43.8 Å². The van der Waals surface area contributed by atoms with Crippen LogP contribution in [-0.4, -0.2) is 42.0 Å². The number of hydrogen-bond donors (Lipinski definition) is 2. The maximum Gasteiger partial charge on any atom is 0.317 e. The number of pyridine rings is 1. The van der Waals surface area contributed by atoms with Crippen LogP contribution in [0.15, 0.2) is 48.7 Å². The molecule has 3 aromatic rings. The molecule has 8 nitrogen and oxygen atoms in total. The number of urea groups is 1. The molecule has 2 aromatic heterocycles. The van der Waals surface area contributed by atoms with Crippen molar-refractivity contribution in [1.29, 1.82) is 5.26 Å². The SMILES string of the molecule is COc1cccc(C#N)c1C1CC1C(=O)Nc1cc2c(s1)CN(C(=O)NCCc1ccccn1)CC2. The van der Waals surface area contributed by atoms with Crippen LogP contribution in [0.4, 0.5) is 9.80 Å². The maximum absolute atomic E-state index is 13.0. The van der Waals surface area contributed by atoms with E-state index in [1.54, 1.807) is 25.4 Å². The molecule has 2 N–H and O–H groups in total. The van der Waals surface area contributed by atoms with Crippen LogP contribution in [0.3, 0.4) is 0 Å². The van der Waals surface area contributed by atoms with Crippen molar-refractivity contribution in [3.05, 3.63) is 75.9 Å². The predicted molar refractivity (Wildman–Crippen MR) is 137 cm³/mol. The molecule has 0 radical (unpaired) electrons. The molecule has 3 heterocycles. The molecule has 184 valence electrons. The number of ether oxygens (including phenoxy) is 1. The van der Waals surface area contributed by atoms with Gasteiger partial charge in [-0.2, -0.15) is 5.26 Å². The Kier molecular flexibility index (Phi) is 6.87. The molecule has 0 saturated heterocycles. The number of carbonyl (C=O) groups excluding carboxylic acids is 2. The van der Waals surface area contributed by atoms with Gasteiger partial charge in [-0.3, -0.25) is 9.78 Å². The van der Waals surface area contributed by atoms with Crippen LogP contribution in [0.1, 0.15) is 39.6 Å². The highest BCUT2D eigenvalue weighted by Gasteiger charge is 2.46. The van der Waals surface area contributed by atoms with E-state index in [-0.39, 0.29) is 23.8 Å². The molecule has 1 aliphatic carbocycles. The summed E-state index contributed by atoms with van der Waals surface area (Å²) in [6.07, 6.45) is 3.89. The normalized spacial score (nSPS) is 18.1. The zero-order chi connectivity index (χ0) is 25.1. The first kappa shape index (κ1) is 23.8. The zero-order valence-electron chi connectivity index (χ0n) is 20.0. The summed E-state index contributed by atoms with van der Waals surface area (Å²) >= 11 is 1.52. The minimum absolute atomic E-state index is 0.0179. The van der Waals surface area contributed by atoms with Gasteiger partial charge in [-0.25, -0.2) is 4.79 Å². The average molecular weight is 502 g/mol.